The molecule has 0 amide bonds. The van der Waals surface area contributed by atoms with E-state index in [1.54, 1.807) is 12.1 Å². The van der Waals surface area contributed by atoms with Crippen molar-refractivity contribution >= 4 is 5.97 Å². The predicted octanol–water partition coefficient (Wildman–Crippen LogP) is 2.38. The highest BCUT2D eigenvalue weighted by molar-refractivity contribution is 5.73. The van der Waals surface area contributed by atoms with Crippen LogP contribution in [-0.4, -0.2) is 31.6 Å². The number of rotatable bonds is 2. The smallest absolute Gasteiger partial charge is 0.310 e. The predicted molar refractivity (Wildman–Crippen MR) is 66.5 cm³/mol. The van der Waals surface area contributed by atoms with E-state index in [0.717, 1.165) is 24.9 Å². The van der Waals surface area contributed by atoms with Crippen molar-refractivity contribution in [3.05, 3.63) is 35.6 Å². The monoisotopic (exact) mass is 251 g/mol. The van der Waals surface area contributed by atoms with E-state index in [0.29, 0.717) is 0 Å². The summed E-state index contributed by atoms with van der Waals surface area (Å²) in [5.74, 6) is -0.609. The molecule has 1 aliphatic rings. The summed E-state index contributed by atoms with van der Waals surface area (Å²) in [4.78, 5) is 14.0. The van der Waals surface area contributed by atoms with Gasteiger partial charge < -0.3 is 4.74 Å². The summed E-state index contributed by atoms with van der Waals surface area (Å²) in [6, 6.07) is 6.35. The molecule has 0 bridgehead atoms. The third-order valence-electron chi connectivity index (χ3n) is 3.60. The van der Waals surface area contributed by atoms with Gasteiger partial charge in [0.2, 0.25) is 0 Å². The first-order chi connectivity index (χ1) is 8.63. The van der Waals surface area contributed by atoms with Crippen LogP contribution in [0.5, 0.6) is 0 Å². The van der Waals surface area contributed by atoms with Crippen LogP contribution in [0.3, 0.4) is 0 Å². The maximum Gasteiger partial charge on any atom is 0.310 e. The number of methoxy groups -OCH3 is 1. The lowest BCUT2D eigenvalue weighted by atomic mass is 9.85. The van der Waals surface area contributed by atoms with Crippen LogP contribution in [0, 0.1) is 11.7 Å². The Morgan fingerprint density at radius 1 is 1.39 bits per heavy atom. The van der Waals surface area contributed by atoms with Crippen molar-refractivity contribution in [2.75, 3.05) is 20.7 Å². The van der Waals surface area contributed by atoms with Crippen molar-refractivity contribution in [2.24, 2.45) is 5.92 Å². The van der Waals surface area contributed by atoms with Crippen LogP contribution >= 0.6 is 0 Å². The second kappa shape index (κ2) is 5.48. The summed E-state index contributed by atoms with van der Waals surface area (Å²) in [7, 11) is 3.40. The SMILES string of the molecule is COC(=O)C1CCCN(C)C1c1ccc(F)cc1. The molecule has 1 saturated heterocycles. The lowest BCUT2D eigenvalue weighted by molar-refractivity contribution is -0.149. The molecule has 1 aliphatic heterocycles. The second-order valence-electron chi connectivity index (χ2n) is 4.75. The average molecular weight is 251 g/mol. The third-order valence-corrected chi connectivity index (χ3v) is 3.60. The maximum atomic E-state index is 13.0. The number of nitrogens with zero attached hydrogens (tertiary/aromatic N) is 1. The van der Waals surface area contributed by atoms with Gasteiger partial charge in [-0.3, -0.25) is 9.69 Å². The Bertz CT molecular complexity index is 418. The van der Waals surface area contributed by atoms with Crippen LogP contribution in [0.25, 0.3) is 0 Å². The molecule has 1 fully saturated rings. The minimum absolute atomic E-state index is 0.0215. The number of ether oxygens (including phenoxy) is 1. The van der Waals surface area contributed by atoms with Gasteiger partial charge in [0.15, 0.2) is 0 Å². The van der Waals surface area contributed by atoms with E-state index in [9.17, 15) is 9.18 Å². The lowest BCUT2D eigenvalue weighted by Crippen LogP contribution is -2.40. The number of likely N-dealkylation sites (tertiary alicyclic amines) is 1. The van der Waals surface area contributed by atoms with E-state index in [-0.39, 0.29) is 23.7 Å². The van der Waals surface area contributed by atoms with E-state index < -0.39 is 0 Å². The van der Waals surface area contributed by atoms with Crippen LogP contribution in [0.15, 0.2) is 24.3 Å². The van der Waals surface area contributed by atoms with Gasteiger partial charge in [-0.05, 0) is 44.1 Å². The Labute approximate surface area is 107 Å². The van der Waals surface area contributed by atoms with Crippen molar-refractivity contribution in [1.82, 2.24) is 4.90 Å². The van der Waals surface area contributed by atoms with Gasteiger partial charge in [-0.2, -0.15) is 0 Å². The molecule has 4 heteroatoms. The Hall–Kier alpha value is -1.42. The zero-order valence-corrected chi connectivity index (χ0v) is 10.7. The largest absolute Gasteiger partial charge is 0.469 e. The molecule has 0 saturated carbocycles. The summed E-state index contributed by atoms with van der Waals surface area (Å²) < 4.78 is 17.8. The normalized spacial score (nSPS) is 24.8. The summed E-state index contributed by atoms with van der Waals surface area (Å²) in [5, 5.41) is 0. The van der Waals surface area contributed by atoms with Crippen molar-refractivity contribution < 1.29 is 13.9 Å². The van der Waals surface area contributed by atoms with E-state index in [2.05, 4.69) is 4.90 Å². The molecule has 18 heavy (non-hydrogen) atoms. The van der Waals surface area contributed by atoms with E-state index in [1.165, 1.54) is 19.2 Å². The molecule has 0 spiro atoms. The Morgan fingerprint density at radius 3 is 2.67 bits per heavy atom. The first kappa shape index (κ1) is 13.0. The number of hydrogen-bond acceptors (Lipinski definition) is 3. The van der Waals surface area contributed by atoms with Crippen molar-refractivity contribution in [3.8, 4) is 0 Å². The van der Waals surface area contributed by atoms with Crippen LogP contribution in [0.2, 0.25) is 0 Å². The fourth-order valence-electron chi connectivity index (χ4n) is 2.71. The van der Waals surface area contributed by atoms with Gasteiger partial charge >= 0.3 is 5.97 Å². The van der Waals surface area contributed by atoms with Gasteiger partial charge in [0.05, 0.1) is 13.0 Å². The topological polar surface area (TPSA) is 29.5 Å². The van der Waals surface area contributed by atoms with Gasteiger partial charge in [-0.1, -0.05) is 12.1 Å². The quantitative estimate of drug-likeness (QED) is 0.756. The molecule has 1 aromatic carbocycles. The van der Waals surface area contributed by atoms with Gasteiger partial charge in [0, 0.05) is 6.04 Å². The fourth-order valence-corrected chi connectivity index (χ4v) is 2.71. The van der Waals surface area contributed by atoms with Crippen molar-refractivity contribution in [1.29, 1.82) is 0 Å². The van der Waals surface area contributed by atoms with E-state index in [1.807, 2.05) is 7.05 Å². The molecule has 0 aromatic heterocycles. The highest BCUT2D eigenvalue weighted by Crippen LogP contribution is 2.35. The fraction of sp³-hybridized carbons (Fsp3) is 0.500. The average Bonchev–Trinajstić information content (AvgIpc) is 2.39. The van der Waals surface area contributed by atoms with Gasteiger partial charge in [0.25, 0.3) is 0 Å². The summed E-state index contributed by atoms with van der Waals surface area (Å²) in [6.45, 7) is 0.940. The molecule has 2 unspecified atom stereocenters. The summed E-state index contributed by atoms with van der Waals surface area (Å²) in [5.41, 5.74) is 0.967. The number of piperidine rings is 1. The zero-order valence-electron chi connectivity index (χ0n) is 10.7. The molecule has 0 N–H and O–H groups in total. The first-order valence-corrected chi connectivity index (χ1v) is 6.17. The minimum atomic E-state index is -0.258. The van der Waals surface area contributed by atoms with Crippen LogP contribution < -0.4 is 0 Å². The summed E-state index contributed by atoms with van der Waals surface area (Å²) in [6.07, 6.45) is 1.80. The molecular weight excluding hydrogens is 233 g/mol. The van der Waals surface area contributed by atoms with E-state index >= 15 is 0 Å². The van der Waals surface area contributed by atoms with Crippen LogP contribution in [0.1, 0.15) is 24.4 Å². The number of carbonyl (C=O) groups excluding carboxylic acids is 1. The maximum absolute atomic E-state index is 13.0. The molecule has 1 aromatic rings. The molecular formula is C14H18FNO2. The van der Waals surface area contributed by atoms with Gasteiger partial charge in [-0.15, -0.1) is 0 Å². The number of hydrogen-bond donors (Lipinski definition) is 0. The molecule has 98 valence electrons. The van der Waals surface area contributed by atoms with Crippen molar-refractivity contribution in [2.45, 2.75) is 18.9 Å². The lowest BCUT2D eigenvalue weighted by Gasteiger charge is -2.38. The number of benzene rings is 1. The molecule has 1 heterocycles. The Morgan fingerprint density at radius 2 is 2.06 bits per heavy atom. The van der Waals surface area contributed by atoms with Crippen molar-refractivity contribution in [3.63, 3.8) is 0 Å². The van der Waals surface area contributed by atoms with Gasteiger partial charge in [-0.25, -0.2) is 4.39 Å². The Balaban J connectivity index is 2.29. The third kappa shape index (κ3) is 2.53. The summed E-state index contributed by atoms with van der Waals surface area (Å²) >= 11 is 0. The number of halogens is 1. The number of esters is 1. The molecule has 3 nitrogen and oxygen atoms in total. The molecule has 2 atom stereocenters. The molecule has 0 radical (unpaired) electrons. The van der Waals surface area contributed by atoms with Gasteiger partial charge in [0.1, 0.15) is 5.82 Å². The standard InChI is InChI=1S/C14H18FNO2/c1-16-9-3-4-12(14(17)18-2)13(16)10-5-7-11(15)8-6-10/h5-8,12-13H,3-4,9H2,1-2H3. The highest BCUT2D eigenvalue weighted by Gasteiger charge is 2.35. The molecule has 2 rings (SSSR count). The van der Waals surface area contributed by atoms with E-state index in [4.69, 9.17) is 4.74 Å². The minimum Gasteiger partial charge on any atom is -0.469 e. The van der Waals surface area contributed by atoms with Crippen LogP contribution in [0.4, 0.5) is 4.39 Å². The first-order valence-electron chi connectivity index (χ1n) is 6.17. The number of carbonyl (C=O) groups is 1. The zero-order chi connectivity index (χ0) is 13.1. The molecule has 0 aliphatic carbocycles. The Kier molecular flexibility index (Phi) is 3.97. The van der Waals surface area contributed by atoms with Crippen LogP contribution in [-0.2, 0) is 9.53 Å². The second-order valence-corrected chi connectivity index (χ2v) is 4.75. The highest BCUT2D eigenvalue weighted by atomic mass is 19.1.